The lowest BCUT2D eigenvalue weighted by atomic mass is 9.80. The minimum Gasteiger partial charge on any atom is -0.355 e. The van der Waals surface area contributed by atoms with Crippen LogP contribution < -0.4 is 4.90 Å². The molecular weight excluding hydrogens is 278 g/mol. The van der Waals surface area contributed by atoms with E-state index >= 15 is 0 Å². The first-order valence-corrected chi connectivity index (χ1v) is 9.32. The van der Waals surface area contributed by atoms with Crippen molar-refractivity contribution in [1.29, 1.82) is 0 Å². The van der Waals surface area contributed by atoms with E-state index in [1.165, 1.54) is 36.1 Å². The maximum atomic E-state index is 3.90. The van der Waals surface area contributed by atoms with Gasteiger partial charge in [0.2, 0.25) is 0 Å². The van der Waals surface area contributed by atoms with Gasteiger partial charge < -0.3 is 4.90 Å². The Morgan fingerprint density at radius 2 is 1.57 bits per heavy atom. The average molecular weight is 314 g/mol. The number of rotatable bonds is 5. The molecule has 1 aliphatic rings. The van der Waals surface area contributed by atoms with E-state index in [-0.39, 0.29) is 11.0 Å². The maximum absolute atomic E-state index is 3.90. The summed E-state index contributed by atoms with van der Waals surface area (Å²) < 4.78 is 0. The number of benzene rings is 1. The van der Waals surface area contributed by atoms with Crippen LogP contribution in [0.4, 0.5) is 5.69 Å². The van der Waals surface area contributed by atoms with Gasteiger partial charge in [-0.25, -0.2) is 0 Å². The van der Waals surface area contributed by atoms with Crippen LogP contribution in [0.15, 0.2) is 18.2 Å². The Balaban J connectivity index is 2.56. The van der Waals surface area contributed by atoms with E-state index in [1.54, 1.807) is 0 Å². The van der Waals surface area contributed by atoms with Gasteiger partial charge in [0.05, 0.1) is 6.54 Å². The number of hydrogen-bond acceptors (Lipinski definition) is 1. The first-order chi connectivity index (χ1) is 10.6. The predicted molar refractivity (Wildman–Crippen MR) is 102 cm³/mol. The highest BCUT2D eigenvalue weighted by Crippen LogP contribution is 2.51. The van der Waals surface area contributed by atoms with Crippen LogP contribution in [0.1, 0.15) is 97.6 Å². The molecule has 1 fully saturated rings. The lowest BCUT2D eigenvalue weighted by Crippen LogP contribution is -2.37. The van der Waals surface area contributed by atoms with Gasteiger partial charge in [-0.1, -0.05) is 66.2 Å². The van der Waals surface area contributed by atoms with E-state index in [0.717, 1.165) is 0 Å². The van der Waals surface area contributed by atoms with Crippen molar-refractivity contribution < 1.29 is 0 Å². The summed E-state index contributed by atoms with van der Waals surface area (Å²) in [4.78, 5) is 2.49. The minimum absolute atomic E-state index is 0.124. The number of anilines is 1. The van der Waals surface area contributed by atoms with Crippen LogP contribution in [0.2, 0.25) is 0 Å². The summed E-state index contributed by atoms with van der Waals surface area (Å²) in [5, 5.41) is 0. The van der Waals surface area contributed by atoms with Gasteiger partial charge in [0, 0.05) is 11.2 Å². The summed E-state index contributed by atoms with van der Waals surface area (Å²) in [5.41, 5.74) is 4.65. The number of para-hydroxylation sites is 1. The molecule has 1 atom stereocenters. The highest BCUT2D eigenvalue weighted by Gasteiger charge is 2.47. The van der Waals surface area contributed by atoms with Crippen LogP contribution in [0.25, 0.3) is 0 Å². The standard InChI is InChI=1S/C22H35N/c1-9-13-22(8)14-21(6,7)23(15-22)20-18(16(2)3)11-10-12-19(20)17(4)5/h10-12,16-17H,9,13-14H2,1-8H3. The predicted octanol–water partition coefficient (Wildman–Crippen LogP) is 6.77. The topological polar surface area (TPSA) is 3.24 Å². The van der Waals surface area contributed by atoms with Gasteiger partial charge in [-0.3, -0.25) is 0 Å². The van der Waals surface area contributed by atoms with Gasteiger partial charge in [-0.05, 0) is 55.1 Å². The Hall–Kier alpha value is -0.980. The molecule has 0 spiro atoms. The molecule has 1 heterocycles. The molecule has 1 nitrogen and oxygen atoms in total. The molecule has 0 N–H and O–H groups in total. The summed E-state index contributed by atoms with van der Waals surface area (Å²) in [6.45, 7) is 22.5. The SMILES string of the molecule is CCCC1(C)[C]N(c2c(C(C)C)cccc2C(C)C)C(C)(C)C1. The van der Waals surface area contributed by atoms with Crippen molar-refractivity contribution in [2.45, 2.75) is 92.0 Å². The molecular formula is C22H35N. The van der Waals surface area contributed by atoms with Crippen molar-refractivity contribution in [1.82, 2.24) is 0 Å². The molecule has 0 amide bonds. The molecule has 2 radical (unpaired) electrons. The Labute approximate surface area is 144 Å². The van der Waals surface area contributed by atoms with Crippen molar-refractivity contribution >= 4 is 5.69 Å². The lowest BCUT2D eigenvalue weighted by molar-refractivity contribution is 0.328. The summed E-state index contributed by atoms with van der Waals surface area (Å²) in [6, 6.07) is 6.83. The van der Waals surface area contributed by atoms with E-state index in [2.05, 4.69) is 85.0 Å². The third-order valence-corrected chi connectivity index (χ3v) is 5.18. The number of nitrogens with zero attached hydrogens (tertiary/aromatic N) is 1. The highest BCUT2D eigenvalue weighted by molar-refractivity contribution is 5.66. The van der Waals surface area contributed by atoms with Gasteiger partial charge in [-0.2, -0.15) is 0 Å². The quantitative estimate of drug-likeness (QED) is 0.580. The molecule has 23 heavy (non-hydrogen) atoms. The van der Waals surface area contributed by atoms with Crippen molar-refractivity contribution in [3.05, 3.63) is 35.9 Å². The van der Waals surface area contributed by atoms with Gasteiger partial charge in [0.1, 0.15) is 0 Å². The minimum atomic E-state index is 0.124. The van der Waals surface area contributed by atoms with Crippen LogP contribution in [0.5, 0.6) is 0 Å². The second-order valence-electron chi connectivity index (χ2n) is 8.84. The first-order valence-electron chi connectivity index (χ1n) is 9.32. The monoisotopic (exact) mass is 313 g/mol. The van der Waals surface area contributed by atoms with Gasteiger partial charge in [0.15, 0.2) is 0 Å². The summed E-state index contributed by atoms with van der Waals surface area (Å²) in [5.74, 6) is 1.05. The molecule has 0 aliphatic carbocycles. The van der Waals surface area contributed by atoms with Crippen molar-refractivity contribution in [3.63, 3.8) is 0 Å². The van der Waals surface area contributed by atoms with Crippen LogP contribution in [-0.4, -0.2) is 5.54 Å². The molecule has 0 bridgehead atoms. The zero-order chi connectivity index (χ0) is 17.4. The van der Waals surface area contributed by atoms with Crippen molar-refractivity contribution in [2.24, 2.45) is 5.41 Å². The Morgan fingerprint density at radius 3 is 2.00 bits per heavy atom. The van der Waals surface area contributed by atoms with E-state index in [1.807, 2.05) is 0 Å². The molecule has 1 aliphatic heterocycles. The van der Waals surface area contributed by atoms with Crippen LogP contribution >= 0.6 is 0 Å². The van der Waals surface area contributed by atoms with Gasteiger partial charge in [0.25, 0.3) is 0 Å². The van der Waals surface area contributed by atoms with E-state index in [0.29, 0.717) is 11.8 Å². The fourth-order valence-electron chi connectivity index (χ4n) is 4.32. The molecule has 128 valence electrons. The summed E-state index contributed by atoms with van der Waals surface area (Å²) >= 11 is 0. The van der Waals surface area contributed by atoms with Gasteiger partial charge >= 0.3 is 0 Å². The molecule has 1 aromatic rings. The normalized spacial score (nSPS) is 24.0. The second-order valence-corrected chi connectivity index (χ2v) is 8.84. The fourth-order valence-corrected chi connectivity index (χ4v) is 4.32. The summed E-state index contributed by atoms with van der Waals surface area (Å²) in [7, 11) is 0. The van der Waals surface area contributed by atoms with Crippen LogP contribution in [0, 0.1) is 12.0 Å². The molecule has 0 saturated carbocycles. The average Bonchev–Trinajstić information content (AvgIpc) is 2.67. The van der Waals surface area contributed by atoms with Gasteiger partial charge in [-0.15, -0.1) is 0 Å². The molecule has 1 unspecified atom stereocenters. The molecule has 0 aromatic heterocycles. The Morgan fingerprint density at radius 1 is 1.04 bits per heavy atom. The largest absolute Gasteiger partial charge is 0.355 e. The van der Waals surface area contributed by atoms with Crippen molar-refractivity contribution in [3.8, 4) is 0 Å². The molecule has 2 rings (SSSR count). The zero-order valence-corrected chi connectivity index (χ0v) is 16.5. The third-order valence-electron chi connectivity index (χ3n) is 5.18. The lowest BCUT2D eigenvalue weighted by Gasteiger charge is -2.37. The molecule has 1 heteroatoms. The highest BCUT2D eigenvalue weighted by atomic mass is 15.2. The fraction of sp³-hybridized carbons (Fsp3) is 0.682. The second kappa shape index (κ2) is 6.49. The molecule has 1 aromatic carbocycles. The zero-order valence-electron chi connectivity index (χ0n) is 16.5. The summed E-state index contributed by atoms with van der Waals surface area (Å²) in [6.07, 6.45) is 3.61. The Bertz CT molecular complexity index is 515. The van der Waals surface area contributed by atoms with E-state index in [9.17, 15) is 0 Å². The van der Waals surface area contributed by atoms with E-state index in [4.69, 9.17) is 0 Å². The molecule has 1 saturated heterocycles. The van der Waals surface area contributed by atoms with Crippen molar-refractivity contribution in [2.75, 3.05) is 4.90 Å². The third kappa shape index (κ3) is 3.59. The van der Waals surface area contributed by atoms with E-state index < -0.39 is 0 Å². The van der Waals surface area contributed by atoms with Crippen LogP contribution in [0.3, 0.4) is 0 Å². The Kier molecular flexibility index (Phi) is 5.18. The maximum Gasteiger partial charge on any atom is 0.0983 e. The van der Waals surface area contributed by atoms with Crippen LogP contribution in [-0.2, 0) is 0 Å². The number of hydrogen-bond donors (Lipinski definition) is 0. The first kappa shape index (κ1) is 18.4. The smallest absolute Gasteiger partial charge is 0.0983 e.